The van der Waals surface area contributed by atoms with Crippen molar-refractivity contribution in [2.24, 2.45) is 5.92 Å². The molecule has 0 spiro atoms. The molecule has 1 aromatic heterocycles. The minimum atomic E-state index is -0.273. The van der Waals surface area contributed by atoms with E-state index in [1.165, 1.54) is 12.1 Å². The molecule has 3 amide bonds. The van der Waals surface area contributed by atoms with Crippen LogP contribution in [-0.2, 0) is 11.2 Å². The molecule has 184 valence electrons. The molecule has 0 aliphatic carbocycles. The van der Waals surface area contributed by atoms with E-state index in [-0.39, 0.29) is 23.7 Å². The first-order valence-electron chi connectivity index (χ1n) is 12.1. The van der Waals surface area contributed by atoms with Crippen LogP contribution in [0.1, 0.15) is 30.5 Å². The lowest BCUT2D eigenvalue weighted by atomic mass is 9.96. The summed E-state index contributed by atoms with van der Waals surface area (Å²) in [5.41, 5.74) is 4.45. The van der Waals surface area contributed by atoms with Crippen molar-refractivity contribution in [3.05, 3.63) is 71.7 Å². The molecule has 3 aromatic rings. The number of urea groups is 1. The lowest BCUT2D eigenvalue weighted by Gasteiger charge is -2.34. The summed E-state index contributed by atoms with van der Waals surface area (Å²) >= 11 is 0. The van der Waals surface area contributed by atoms with E-state index in [2.05, 4.69) is 15.5 Å². The molecular weight excluding hydrogens is 445 g/mol. The molecule has 1 aliphatic rings. The second kappa shape index (κ2) is 11.2. The molecule has 1 fully saturated rings. The molecule has 35 heavy (non-hydrogen) atoms. The summed E-state index contributed by atoms with van der Waals surface area (Å²) in [5.74, 6) is -0.380. The van der Waals surface area contributed by atoms with Gasteiger partial charge in [-0.05, 0) is 80.6 Å². The van der Waals surface area contributed by atoms with Crippen LogP contribution in [0.4, 0.5) is 14.9 Å². The topological polar surface area (TPSA) is 81.3 Å². The van der Waals surface area contributed by atoms with Crippen molar-refractivity contribution in [2.45, 2.75) is 32.6 Å². The number of carbonyl (C=O) groups excluding carboxylic acids is 2. The number of H-pyrrole nitrogens is 1. The molecule has 2 aromatic carbocycles. The molecule has 2 N–H and O–H groups in total. The minimum Gasteiger partial charge on any atom is -0.345 e. The van der Waals surface area contributed by atoms with Crippen LogP contribution >= 0.6 is 0 Å². The van der Waals surface area contributed by atoms with E-state index in [1.807, 2.05) is 44.3 Å². The van der Waals surface area contributed by atoms with E-state index in [0.29, 0.717) is 19.6 Å². The van der Waals surface area contributed by atoms with Gasteiger partial charge in [-0.2, -0.15) is 5.10 Å². The van der Waals surface area contributed by atoms with Crippen LogP contribution in [0, 0.1) is 18.7 Å². The molecule has 0 bridgehead atoms. The molecule has 2 heterocycles. The van der Waals surface area contributed by atoms with Gasteiger partial charge in [0.25, 0.3) is 0 Å². The van der Waals surface area contributed by atoms with Gasteiger partial charge in [-0.15, -0.1) is 0 Å². The van der Waals surface area contributed by atoms with Gasteiger partial charge >= 0.3 is 6.03 Å². The minimum absolute atomic E-state index is 0.0784. The Morgan fingerprint density at radius 3 is 2.77 bits per heavy atom. The first kappa shape index (κ1) is 24.4. The van der Waals surface area contributed by atoms with Gasteiger partial charge in [0.1, 0.15) is 5.82 Å². The Morgan fingerprint density at radius 2 is 2.00 bits per heavy atom. The Balaban J connectivity index is 1.24. The molecule has 8 heteroatoms. The quantitative estimate of drug-likeness (QED) is 0.510. The zero-order valence-electron chi connectivity index (χ0n) is 20.3. The number of rotatable bonds is 7. The van der Waals surface area contributed by atoms with E-state index in [9.17, 15) is 14.0 Å². The van der Waals surface area contributed by atoms with Crippen LogP contribution in [0.25, 0.3) is 11.3 Å². The second-order valence-corrected chi connectivity index (χ2v) is 9.23. The van der Waals surface area contributed by atoms with Crippen LogP contribution in [0.3, 0.4) is 0 Å². The highest BCUT2D eigenvalue weighted by Gasteiger charge is 2.30. The van der Waals surface area contributed by atoms with Crippen molar-refractivity contribution in [3.8, 4) is 11.3 Å². The van der Waals surface area contributed by atoms with Gasteiger partial charge in [0, 0.05) is 43.6 Å². The molecule has 4 rings (SSSR count). The van der Waals surface area contributed by atoms with Gasteiger partial charge < -0.3 is 15.1 Å². The Labute approximate surface area is 205 Å². The van der Waals surface area contributed by atoms with Gasteiger partial charge in [-0.3, -0.25) is 9.89 Å². The fourth-order valence-electron chi connectivity index (χ4n) is 4.48. The summed E-state index contributed by atoms with van der Waals surface area (Å²) in [7, 11) is 1.82. The molecule has 0 saturated carbocycles. The summed E-state index contributed by atoms with van der Waals surface area (Å²) in [4.78, 5) is 29.3. The molecular formula is C27H32FN5O2. The van der Waals surface area contributed by atoms with Crippen molar-refractivity contribution in [2.75, 3.05) is 32.0 Å². The predicted octanol–water partition coefficient (Wildman–Crippen LogP) is 4.86. The van der Waals surface area contributed by atoms with Crippen molar-refractivity contribution in [3.63, 3.8) is 0 Å². The van der Waals surface area contributed by atoms with Gasteiger partial charge in [0.05, 0.1) is 11.6 Å². The van der Waals surface area contributed by atoms with Crippen molar-refractivity contribution >= 4 is 17.6 Å². The molecule has 1 aliphatic heterocycles. The highest BCUT2D eigenvalue weighted by atomic mass is 19.1. The van der Waals surface area contributed by atoms with Crippen LogP contribution in [0.15, 0.2) is 54.6 Å². The first-order chi connectivity index (χ1) is 16.9. The summed E-state index contributed by atoms with van der Waals surface area (Å²) in [6, 6.07) is 15.7. The number of carbonyl (C=O) groups is 2. The lowest BCUT2D eigenvalue weighted by Crippen LogP contribution is -2.47. The first-order valence-corrected chi connectivity index (χ1v) is 12.1. The number of aryl methyl sites for hydroxylation is 2. The maximum atomic E-state index is 13.1. The van der Waals surface area contributed by atoms with Crippen LogP contribution in [0.2, 0.25) is 0 Å². The Morgan fingerprint density at radius 1 is 1.20 bits per heavy atom. The Hall–Kier alpha value is -3.68. The number of amides is 3. The fourth-order valence-corrected chi connectivity index (χ4v) is 4.48. The average molecular weight is 478 g/mol. The number of nitrogens with zero attached hydrogens (tertiary/aromatic N) is 3. The average Bonchev–Trinajstić information content (AvgIpc) is 3.33. The number of piperidine rings is 1. The lowest BCUT2D eigenvalue weighted by molar-refractivity contribution is -0.135. The number of aromatic amines is 1. The van der Waals surface area contributed by atoms with E-state index >= 15 is 0 Å². The molecule has 0 radical (unpaired) electrons. The number of hydrogen-bond donors (Lipinski definition) is 2. The van der Waals surface area contributed by atoms with Crippen molar-refractivity contribution < 1.29 is 14.0 Å². The number of aromatic nitrogens is 2. The Kier molecular flexibility index (Phi) is 7.80. The number of likely N-dealkylation sites (tertiary alicyclic amines) is 1. The van der Waals surface area contributed by atoms with Crippen LogP contribution in [0.5, 0.6) is 0 Å². The van der Waals surface area contributed by atoms with Crippen LogP contribution < -0.4 is 5.32 Å². The predicted molar refractivity (Wildman–Crippen MR) is 134 cm³/mol. The zero-order chi connectivity index (χ0) is 24.8. The SMILES string of the molecule is Cc1cccc(NC(=O)N2CCCC(C(=O)N(C)CCCc3cc(-c4ccc(F)cc4)n[nH]3)C2)c1. The van der Waals surface area contributed by atoms with Gasteiger partial charge in [0.2, 0.25) is 5.91 Å². The second-order valence-electron chi connectivity index (χ2n) is 9.23. The molecule has 7 nitrogen and oxygen atoms in total. The van der Waals surface area contributed by atoms with E-state index in [1.54, 1.807) is 21.9 Å². The molecule has 1 atom stereocenters. The van der Waals surface area contributed by atoms with Gasteiger partial charge in [-0.1, -0.05) is 12.1 Å². The standard InChI is InChI=1S/C27H32FN5O2/c1-19-6-3-8-23(16-19)29-27(35)33-15-4-7-21(18-33)26(34)32(2)14-5-9-24-17-25(31-30-24)20-10-12-22(28)13-11-20/h3,6,8,10-13,16-17,21H,4-5,7,9,14-15,18H2,1-2H3,(H,29,35)(H,30,31). The summed E-state index contributed by atoms with van der Waals surface area (Å²) in [6.07, 6.45) is 3.14. The van der Waals surface area contributed by atoms with Crippen molar-refractivity contribution in [1.82, 2.24) is 20.0 Å². The number of benzene rings is 2. The smallest absolute Gasteiger partial charge is 0.321 e. The monoisotopic (exact) mass is 477 g/mol. The van der Waals surface area contributed by atoms with E-state index in [0.717, 1.165) is 53.9 Å². The van der Waals surface area contributed by atoms with E-state index < -0.39 is 0 Å². The number of halogens is 1. The normalized spacial score (nSPS) is 15.6. The molecule has 1 unspecified atom stereocenters. The van der Waals surface area contributed by atoms with Crippen LogP contribution in [-0.4, -0.2) is 58.6 Å². The maximum Gasteiger partial charge on any atom is 0.321 e. The third kappa shape index (κ3) is 6.47. The fraction of sp³-hybridized carbons (Fsp3) is 0.370. The Bertz CT molecular complexity index is 1160. The summed E-state index contributed by atoms with van der Waals surface area (Å²) in [6.45, 7) is 3.69. The highest BCUT2D eigenvalue weighted by Crippen LogP contribution is 2.21. The van der Waals surface area contributed by atoms with Crippen molar-refractivity contribution in [1.29, 1.82) is 0 Å². The summed E-state index contributed by atoms with van der Waals surface area (Å²) < 4.78 is 13.1. The number of nitrogens with one attached hydrogen (secondary N) is 2. The van der Waals surface area contributed by atoms with E-state index in [4.69, 9.17) is 0 Å². The zero-order valence-corrected chi connectivity index (χ0v) is 20.3. The third-order valence-electron chi connectivity index (χ3n) is 6.41. The summed E-state index contributed by atoms with van der Waals surface area (Å²) in [5, 5.41) is 10.3. The largest absolute Gasteiger partial charge is 0.345 e. The van der Waals surface area contributed by atoms with Gasteiger partial charge in [0.15, 0.2) is 0 Å². The highest BCUT2D eigenvalue weighted by molar-refractivity contribution is 5.90. The van der Waals surface area contributed by atoms with Gasteiger partial charge in [-0.25, -0.2) is 9.18 Å². The number of hydrogen-bond acceptors (Lipinski definition) is 3. The molecule has 1 saturated heterocycles. The maximum absolute atomic E-state index is 13.1. The number of anilines is 1. The third-order valence-corrected chi connectivity index (χ3v) is 6.41.